The Bertz CT molecular complexity index is 734. The molecule has 0 radical (unpaired) electrons. The fourth-order valence-electron chi connectivity index (χ4n) is 3.48. The molecule has 6 heteroatoms. The van der Waals surface area contributed by atoms with Crippen molar-refractivity contribution in [3.05, 3.63) is 41.5 Å². The van der Waals surface area contributed by atoms with E-state index in [-0.39, 0.29) is 0 Å². The minimum Gasteiger partial charge on any atom is -0.381 e. The van der Waals surface area contributed by atoms with Crippen LogP contribution in [-0.4, -0.2) is 41.1 Å². The van der Waals surface area contributed by atoms with Gasteiger partial charge >= 0.3 is 0 Å². The van der Waals surface area contributed by atoms with Gasteiger partial charge in [0.05, 0.1) is 17.3 Å². The zero-order valence-electron chi connectivity index (χ0n) is 13.6. The summed E-state index contributed by atoms with van der Waals surface area (Å²) in [5.74, 6) is 2.74. The molecular weight excluding hydrogens is 302 g/mol. The number of ether oxygens (including phenoxy) is 1. The van der Waals surface area contributed by atoms with Crippen LogP contribution in [0.3, 0.4) is 0 Å². The van der Waals surface area contributed by atoms with Gasteiger partial charge in [-0.05, 0) is 50.1 Å². The Morgan fingerprint density at radius 3 is 2.58 bits per heavy atom. The molecular formula is C18H21N5O. The molecule has 6 nitrogen and oxygen atoms in total. The number of nitrogens with one attached hydrogen (secondary N) is 1. The highest BCUT2D eigenvalue weighted by Crippen LogP contribution is 2.29. The van der Waals surface area contributed by atoms with Gasteiger partial charge in [0.1, 0.15) is 5.82 Å². The Kier molecular flexibility index (Phi) is 4.28. The van der Waals surface area contributed by atoms with Gasteiger partial charge in [-0.15, -0.1) is 0 Å². The Hall–Kier alpha value is -2.23. The summed E-state index contributed by atoms with van der Waals surface area (Å²) in [7, 11) is 0. The standard InChI is InChI=1S/C18H21N5O/c19-11-13-1-3-16(4-2-13)23-18(15-5-8-20-12-15)21-17(22-23)14-6-9-24-10-7-14/h1-4,14-15,20H,5-10,12H2/t15-/m1/s1. The van der Waals surface area contributed by atoms with E-state index < -0.39 is 0 Å². The molecule has 24 heavy (non-hydrogen) atoms. The van der Waals surface area contributed by atoms with E-state index in [1.165, 1.54) is 0 Å². The third-order valence-electron chi connectivity index (χ3n) is 4.90. The molecule has 4 rings (SSSR count). The van der Waals surface area contributed by atoms with Gasteiger partial charge in [0.2, 0.25) is 0 Å². The number of benzene rings is 1. The van der Waals surface area contributed by atoms with Crippen LogP contribution in [-0.2, 0) is 4.74 Å². The SMILES string of the molecule is N#Cc1ccc(-n2nc(C3CCOCC3)nc2[C@@H]2CCNC2)cc1. The van der Waals surface area contributed by atoms with Crippen molar-refractivity contribution >= 4 is 0 Å². The largest absolute Gasteiger partial charge is 0.381 e. The lowest BCUT2D eigenvalue weighted by Gasteiger charge is -2.18. The molecule has 0 spiro atoms. The zero-order valence-corrected chi connectivity index (χ0v) is 13.6. The fraction of sp³-hybridized carbons (Fsp3) is 0.500. The van der Waals surface area contributed by atoms with E-state index >= 15 is 0 Å². The second-order valence-electron chi connectivity index (χ2n) is 6.48. The average molecular weight is 323 g/mol. The zero-order chi connectivity index (χ0) is 16.4. The number of rotatable bonds is 3. The minimum atomic E-state index is 0.381. The topological polar surface area (TPSA) is 75.8 Å². The van der Waals surface area contributed by atoms with Crippen molar-refractivity contribution in [2.45, 2.75) is 31.1 Å². The predicted molar refractivity (Wildman–Crippen MR) is 89.1 cm³/mol. The van der Waals surface area contributed by atoms with Crippen molar-refractivity contribution in [2.24, 2.45) is 0 Å². The van der Waals surface area contributed by atoms with Crippen LogP contribution >= 0.6 is 0 Å². The van der Waals surface area contributed by atoms with Crippen molar-refractivity contribution in [3.8, 4) is 11.8 Å². The summed E-state index contributed by atoms with van der Waals surface area (Å²) in [4.78, 5) is 4.93. The molecule has 1 N–H and O–H groups in total. The summed E-state index contributed by atoms with van der Waals surface area (Å²) in [6.07, 6.45) is 3.06. The van der Waals surface area contributed by atoms with E-state index in [0.717, 1.165) is 62.9 Å². The molecule has 0 amide bonds. The Morgan fingerprint density at radius 2 is 1.92 bits per heavy atom. The Balaban J connectivity index is 1.72. The molecule has 2 fully saturated rings. The molecule has 2 aliphatic rings. The summed E-state index contributed by atoms with van der Waals surface area (Å²) >= 11 is 0. The number of hydrogen-bond acceptors (Lipinski definition) is 5. The first kappa shape index (κ1) is 15.3. The van der Waals surface area contributed by atoms with Crippen LogP contribution in [0.2, 0.25) is 0 Å². The van der Waals surface area contributed by atoms with Crippen molar-refractivity contribution in [1.82, 2.24) is 20.1 Å². The molecule has 0 aliphatic carbocycles. The van der Waals surface area contributed by atoms with Gasteiger partial charge in [0.25, 0.3) is 0 Å². The first-order valence-corrected chi connectivity index (χ1v) is 8.61. The van der Waals surface area contributed by atoms with E-state index in [4.69, 9.17) is 20.1 Å². The predicted octanol–water partition coefficient (Wildman–Crippen LogP) is 2.11. The molecule has 1 atom stereocenters. The molecule has 1 aromatic heterocycles. The van der Waals surface area contributed by atoms with Gasteiger partial charge < -0.3 is 10.1 Å². The highest BCUT2D eigenvalue weighted by atomic mass is 16.5. The molecule has 0 bridgehead atoms. The average Bonchev–Trinajstić information content (AvgIpc) is 3.32. The van der Waals surface area contributed by atoms with Crippen LogP contribution in [0.5, 0.6) is 0 Å². The van der Waals surface area contributed by atoms with Crippen LogP contribution < -0.4 is 5.32 Å². The van der Waals surface area contributed by atoms with E-state index in [1.54, 1.807) is 0 Å². The third kappa shape index (κ3) is 2.93. The van der Waals surface area contributed by atoms with Crippen LogP contribution in [0, 0.1) is 11.3 Å². The number of nitriles is 1. The maximum atomic E-state index is 9.00. The number of nitrogens with zero attached hydrogens (tertiary/aromatic N) is 4. The lowest BCUT2D eigenvalue weighted by Crippen LogP contribution is -2.15. The maximum absolute atomic E-state index is 9.00. The number of aromatic nitrogens is 3. The maximum Gasteiger partial charge on any atom is 0.154 e. The van der Waals surface area contributed by atoms with E-state index in [0.29, 0.717) is 17.4 Å². The molecule has 0 saturated carbocycles. The summed E-state index contributed by atoms with van der Waals surface area (Å²) < 4.78 is 7.44. The van der Waals surface area contributed by atoms with E-state index in [1.807, 2.05) is 28.9 Å². The Morgan fingerprint density at radius 1 is 1.12 bits per heavy atom. The molecule has 1 aromatic carbocycles. The van der Waals surface area contributed by atoms with E-state index in [2.05, 4.69) is 11.4 Å². The molecule has 3 heterocycles. The van der Waals surface area contributed by atoms with Gasteiger partial charge in [-0.3, -0.25) is 0 Å². The summed E-state index contributed by atoms with van der Waals surface area (Å²) in [6, 6.07) is 9.74. The molecule has 124 valence electrons. The van der Waals surface area contributed by atoms with Crippen LogP contribution in [0.4, 0.5) is 0 Å². The van der Waals surface area contributed by atoms with Gasteiger partial charge in [-0.1, -0.05) is 0 Å². The fourth-order valence-corrected chi connectivity index (χ4v) is 3.48. The van der Waals surface area contributed by atoms with Crippen LogP contribution in [0.25, 0.3) is 5.69 Å². The normalized spacial score (nSPS) is 21.7. The first-order chi connectivity index (χ1) is 11.8. The van der Waals surface area contributed by atoms with E-state index in [9.17, 15) is 0 Å². The van der Waals surface area contributed by atoms with Gasteiger partial charge in [-0.2, -0.15) is 10.4 Å². The lowest BCUT2D eigenvalue weighted by molar-refractivity contribution is 0.0836. The monoisotopic (exact) mass is 323 g/mol. The van der Waals surface area contributed by atoms with Crippen molar-refractivity contribution in [3.63, 3.8) is 0 Å². The van der Waals surface area contributed by atoms with Crippen molar-refractivity contribution in [2.75, 3.05) is 26.3 Å². The first-order valence-electron chi connectivity index (χ1n) is 8.61. The minimum absolute atomic E-state index is 0.381. The third-order valence-corrected chi connectivity index (χ3v) is 4.90. The van der Waals surface area contributed by atoms with Crippen molar-refractivity contribution in [1.29, 1.82) is 5.26 Å². The molecule has 0 unspecified atom stereocenters. The summed E-state index contributed by atoms with van der Waals surface area (Å²) in [5.41, 5.74) is 1.63. The Labute approximate surface area is 141 Å². The van der Waals surface area contributed by atoms with Crippen molar-refractivity contribution < 1.29 is 4.74 Å². The second-order valence-corrected chi connectivity index (χ2v) is 6.48. The smallest absolute Gasteiger partial charge is 0.154 e. The molecule has 2 saturated heterocycles. The van der Waals surface area contributed by atoms with Gasteiger partial charge in [0, 0.05) is 31.6 Å². The molecule has 2 aliphatic heterocycles. The summed E-state index contributed by atoms with van der Waals surface area (Å²) in [5, 5.41) is 17.3. The highest BCUT2D eigenvalue weighted by Gasteiger charge is 2.27. The van der Waals surface area contributed by atoms with Crippen LogP contribution in [0.1, 0.15) is 48.3 Å². The van der Waals surface area contributed by atoms with Gasteiger partial charge in [0.15, 0.2) is 5.82 Å². The summed E-state index contributed by atoms with van der Waals surface area (Å²) in [6.45, 7) is 3.55. The van der Waals surface area contributed by atoms with Crippen LogP contribution in [0.15, 0.2) is 24.3 Å². The van der Waals surface area contributed by atoms with Gasteiger partial charge in [-0.25, -0.2) is 9.67 Å². The molecule has 2 aromatic rings. The lowest BCUT2D eigenvalue weighted by atomic mass is 10.00. The quantitative estimate of drug-likeness (QED) is 0.936. The number of hydrogen-bond donors (Lipinski definition) is 1. The highest BCUT2D eigenvalue weighted by molar-refractivity contribution is 5.39. The second kappa shape index (κ2) is 6.71.